The van der Waals surface area contributed by atoms with Crippen LogP contribution in [-0.4, -0.2) is 11.7 Å². The fraction of sp³-hybridized carbons (Fsp3) is 0.231. The summed E-state index contributed by atoms with van der Waals surface area (Å²) in [7, 11) is 0. The molecule has 0 amide bonds. The van der Waals surface area contributed by atoms with Crippen LogP contribution >= 0.6 is 38.9 Å². The zero-order valence-corrected chi connectivity index (χ0v) is 12.7. The monoisotopic (exact) mass is 345 g/mol. The lowest BCUT2D eigenvalue weighted by Crippen LogP contribution is -2.23. The number of benzene rings is 1. The summed E-state index contributed by atoms with van der Waals surface area (Å²) in [5, 5.41) is 15.5. The summed E-state index contributed by atoms with van der Waals surface area (Å²) < 4.78 is 0.845. The molecule has 1 unspecified atom stereocenters. The predicted molar refractivity (Wildman–Crippen MR) is 80.1 cm³/mol. The third kappa shape index (κ3) is 3.56. The van der Waals surface area contributed by atoms with E-state index in [1.807, 2.05) is 29.6 Å². The highest BCUT2D eigenvalue weighted by Crippen LogP contribution is 2.26. The highest BCUT2D eigenvalue weighted by Gasteiger charge is 2.11. The first kappa shape index (κ1) is 14.0. The minimum atomic E-state index is -0.0827. The molecule has 0 spiro atoms. The number of aliphatic hydroxyl groups excluding tert-OH is 1. The smallest absolute Gasteiger partial charge is 0.0626 e. The van der Waals surface area contributed by atoms with Crippen LogP contribution in [0.1, 0.15) is 16.5 Å². The van der Waals surface area contributed by atoms with E-state index in [-0.39, 0.29) is 12.6 Å². The molecule has 0 saturated heterocycles. The standard InChI is InChI=1S/C13H13BrClNOS/c14-11-6-9(3-4-12(11)15)13(8-17)16-7-10-2-1-5-18-10/h1-6,13,16-17H,7-8H2. The number of rotatable bonds is 5. The molecule has 96 valence electrons. The van der Waals surface area contributed by atoms with E-state index in [0.29, 0.717) is 5.02 Å². The molecule has 0 bridgehead atoms. The lowest BCUT2D eigenvalue weighted by molar-refractivity contribution is 0.244. The van der Waals surface area contributed by atoms with Gasteiger partial charge in [-0.3, -0.25) is 0 Å². The van der Waals surface area contributed by atoms with E-state index in [9.17, 15) is 5.11 Å². The number of halogens is 2. The Labute approximate surface area is 124 Å². The number of hydrogen-bond acceptors (Lipinski definition) is 3. The Bertz CT molecular complexity index is 504. The number of hydrogen-bond donors (Lipinski definition) is 2. The van der Waals surface area contributed by atoms with Gasteiger partial charge < -0.3 is 10.4 Å². The lowest BCUT2D eigenvalue weighted by atomic mass is 10.1. The van der Waals surface area contributed by atoms with Crippen molar-refractivity contribution in [3.8, 4) is 0 Å². The molecule has 1 heterocycles. The van der Waals surface area contributed by atoms with Gasteiger partial charge in [0.1, 0.15) is 0 Å². The van der Waals surface area contributed by atoms with Gasteiger partial charge in [-0.05, 0) is 45.1 Å². The summed E-state index contributed by atoms with van der Waals surface area (Å²) >= 11 is 11.1. The second-order valence-electron chi connectivity index (χ2n) is 3.87. The summed E-state index contributed by atoms with van der Waals surface area (Å²) in [6.45, 7) is 0.808. The average molecular weight is 347 g/mol. The second-order valence-corrected chi connectivity index (χ2v) is 6.16. The molecule has 2 aromatic rings. The first-order valence-electron chi connectivity index (χ1n) is 5.52. The van der Waals surface area contributed by atoms with Crippen LogP contribution in [0.15, 0.2) is 40.2 Å². The Morgan fingerprint density at radius 3 is 2.83 bits per heavy atom. The maximum absolute atomic E-state index is 9.46. The molecule has 1 aromatic carbocycles. The molecule has 0 aliphatic rings. The van der Waals surface area contributed by atoms with Crippen molar-refractivity contribution in [3.63, 3.8) is 0 Å². The van der Waals surface area contributed by atoms with Crippen LogP contribution in [0.2, 0.25) is 5.02 Å². The average Bonchev–Trinajstić information content (AvgIpc) is 2.87. The minimum absolute atomic E-state index is 0.0550. The van der Waals surface area contributed by atoms with Crippen molar-refractivity contribution in [3.05, 3.63) is 55.6 Å². The van der Waals surface area contributed by atoms with E-state index in [2.05, 4.69) is 27.3 Å². The van der Waals surface area contributed by atoms with E-state index in [4.69, 9.17) is 11.6 Å². The van der Waals surface area contributed by atoms with Crippen LogP contribution in [0.4, 0.5) is 0 Å². The molecule has 0 fully saturated rings. The van der Waals surface area contributed by atoms with Crippen molar-refractivity contribution in [2.24, 2.45) is 0 Å². The molecule has 1 aromatic heterocycles. The Morgan fingerprint density at radius 2 is 2.22 bits per heavy atom. The molecule has 2 nitrogen and oxygen atoms in total. The number of aliphatic hydroxyl groups is 1. The van der Waals surface area contributed by atoms with Crippen molar-refractivity contribution >= 4 is 38.9 Å². The SMILES string of the molecule is OCC(NCc1cccs1)c1ccc(Cl)c(Br)c1. The maximum Gasteiger partial charge on any atom is 0.0626 e. The van der Waals surface area contributed by atoms with Gasteiger partial charge in [-0.2, -0.15) is 0 Å². The van der Waals surface area contributed by atoms with Gasteiger partial charge >= 0.3 is 0 Å². The Balaban J connectivity index is 2.05. The summed E-state index contributed by atoms with van der Waals surface area (Å²) in [6.07, 6.45) is 0. The predicted octanol–water partition coefficient (Wildman–Crippen LogP) is 3.99. The van der Waals surface area contributed by atoms with Crippen molar-refractivity contribution in [1.29, 1.82) is 0 Å². The molecule has 0 radical (unpaired) electrons. The van der Waals surface area contributed by atoms with E-state index in [0.717, 1.165) is 16.6 Å². The second kappa shape index (κ2) is 6.68. The van der Waals surface area contributed by atoms with E-state index < -0.39 is 0 Å². The topological polar surface area (TPSA) is 32.3 Å². The van der Waals surface area contributed by atoms with Gasteiger partial charge in [0.15, 0.2) is 0 Å². The lowest BCUT2D eigenvalue weighted by Gasteiger charge is -2.16. The molecular formula is C13H13BrClNOS. The Morgan fingerprint density at radius 1 is 1.39 bits per heavy atom. The van der Waals surface area contributed by atoms with Gasteiger partial charge in [-0.1, -0.05) is 23.7 Å². The fourth-order valence-electron chi connectivity index (χ4n) is 1.65. The van der Waals surface area contributed by atoms with Gasteiger partial charge in [-0.25, -0.2) is 0 Å². The van der Waals surface area contributed by atoms with Crippen LogP contribution in [0.5, 0.6) is 0 Å². The fourth-order valence-corrected chi connectivity index (χ4v) is 2.82. The summed E-state index contributed by atoms with van der Waals surface area (Å²) in [4.78, 5) is 1.25. The molecular weight excluding hydrogens is 334 g/mol. The minimum Gasteiger partial charge on any atom is -0.394 e. The van der Waals surface area contributed by atoms with Crippen molar-refractivity contribution in [2.75, 3.05) is 6.61 Å². The third-order valence-corrected chi connectivity index (χ3v) is 4.72. The maximum atomic E-state index is 9.46. The summed E-state index contributed by atoms with van der Waals surface area (Å²) in [6, 6.07) is 9.70. The van der Waals surface area contributed by atoms with Crippen LogP contribution < -0.4 is 5.32 Å². The molecule has 18 heavy (non-hydrogen) atoms. The molecule has 0 saturated carbocycles. The molecule has 0 aliphatic carbocycles. The highest BCUT2D eigenvalue weighted by molar-refractivity contribution is 9.10. The first-order valence-corrected chi connectivity index (χ1v) is 7.57. The van der Waals surface area contributed by atoms with Crippen molar-refractivity contribution in [2.45, 2.75) is 12.6 Å². The van der Waals surface area contributed by atoms with Gasteiger partial charge in [0, 0.05) is 15.9 Å². The summed E-state index contributed by atoms with van der Waals surface area (Å²) in [5.41, 5.74) is 1.02. The van der Waals surface area contributed by atoms with Crippen molar-refractivity contribution in [1.82, 2.24) is 5.32 Å². The number of nitrogens with one attached hydrogen (secondary N) is 1. The van der Waals surface area contributed by atoms with E-state index >= 15 is 0 Å². The summed E-state index contributed by atoms with van der Waals surface area (Å²) in [5.74, 6) is 0. The van der Waals surface area contributed by atoms with Crippen molar-refractivity contribution < 1.29 is 5.11 Å². The normalized spacial score (nSPS) is 12.6. The van der Waals surface area contributed by atoms with Crippen LogP contribution in [-0.2, 0) is 6.54 Å². The molecule has 0 aliphatic heterocycles. The zero-order chi connectivity index (χ0) is 13.0. The molecule has 1 atom stereocenters. The van der Waals surface area contributed by atoms with E-state index in [1.165, 1.54) is 4.88 Å². The molecule has 5 heteroatoms. The Kier molecular flexibility index (Phi) is 5.21. The first-order chi connectivity index (χ1) is 8.70. The number of thiophene rings is 1. The van der Waals surface area contributed by atoms with Crippen LogP contribution in [0.3, 0.4) is 0 Å². The largest absolute Gasteiger partial charge is 0.394 e. The van der Waals surface area contributed by atoms with Gasteiger partial charge in [0.2, 0.25) is 0 Å². The third-order valence-electron chi connectivity index (χ3n) is 2.63. The molecule has 2 rings (SSSR count). The van der Waals surface area contributed by atoms with Gasteiger partial charge in [-0.15, -0.1) is 11.3 Å². The quantitative estimate of drug-likeness (QED) is 0.858. The van der Waals surface area contributed by atoms with Crippen LogP contribution in [0.25, 0.3) is 0 Å². The van der Waals surface area contributed by atoms with Gasteiger partial charge in [0.25, 0.3) is 0 Å². The molecule has 2 N–H and O–H groups in total. The van der Waals surface area contributed by atoms with Crippen LogP contribution in [0, 0.1) is 0 Å². The highest BCUT2D eigenvalue weighted by atomic mass is 79.9. The van der Waals surface area contributed by atoms with E-state index in [1.54, 1.807) is 11.3 Å². The van der Waals surface area contributed by atoms with Gasteiger partial charge in [0.05, 0.1) is 17.7 Å². The Hall–Kier alpha value is -0.390. The zero-order valence-electron chi connectivity index (χ0n) is 9.57.